The zero-order chi connectivity index (χ0) is 21.9. The van der Waals surface area contributed by atoms with E-state index in [2.05, 4.69) is 10.3 Å². The summed E-state index contributed by atoms with van der Waals surface area (Å²) in [4.78, 5) is 19.9. The van der Waals surface area contributed by atoms with Gasteiger partial charge in [-0.05, 0) is 42.8 Å². The molecule has 0 N–H and O–H groups in total. The Morgan fingerprint density at radius 3 is 2.69 bits per heavy atom. The highest BCUT2D eigenvalue weighted by Crippen LogP contribution is 2.32. The quantitative estimate of drug-likeness (QED) is 0.365. The van der Waals surface area contributed by atoms with Gasteiger partial charge < -0.3 is 4.74 Å². The monoisotopic (exact) mass is 443 g/mol. The summed E-state index contributed by atoms with van der Waals surface area (Å²) in [7, 11) is 0. The summed E-state index contributed by atoms with van der Waals surface area (Å²) < 4.78 is 8.23. The molecule has 0 fully saturated rings. The number of anilines is 1. The van der Waals surface area contributed by atoms with Gasteiger partial charge in [0.15, 0.2) is 5.13 Å². The number of aromatic nitrogens is 4. The molecule has 0 atom stereocenters. The van der Waals surface area contributed by atoms with Crippen LogP contribution in [-0.4, -0.2) is 32.5 Å². The number of carbonyl (C=O) groups is 1. The second kappa shape index (κ2) is 8.76. The molecule has 3 aromatic carbocycles. The molecule has 2 aromatic heterocycles. The van der Waals surface area contributed by atoms with Gasteiger partial charge in [-0.3, -0.25) is 9.69 Å². The van der Waals surface area contributed by atoms with Crippen molar-refractivity contribution in [1.29, 1.82) is 0 Å². The first-order valence-corrected chi connectivity index (χ1v) is 11.2. The topological polar surface area (TPSA) is 73.1 Å². The number of carbonyl (C=O) groups excluding carboxylic acids is 1. The Bertz CT molecular complexity index is 1380. The molecule has 7 nitrogen and oxygen atoms in total. The average molecular weight is 444 g/mol. The molecular weight excluding hydrogens is 422 g/mol. The molecule has 0 radical (unpaired) electrons. The summed E-state index contributed by atoms with van der Waals surface area (Å²) in [6, 6.07) is 23.3. The van der Waals surface area contributed by atoms with Crippen molar-refractivity contribution in [2.24, 2.45) is 0 Å². The minimum atomic E-state index is -0.103. The van der Waals surface area contributed by atoms with E-state index in [0.717, 1.165) is 32.6 Å². The van der Waals surface area contributed by atoms with E-state index in [1.165, 1.54) is 11.3 Å². The van der Waals surface area contributed by atoms with Gasteiger partial charge in [0.2, 0.25) is 0 Å². The van der Waals surface area contributed by atoms with Crippen molar-refractivity contribution in [3.8, 4) is 5.75 Å². The van der Waals surface area contributed by atoms with E-state index >= 15 is 0 Å². The largest absolute Gasteiger partial charge is 0.494 e. The molecule has 0 saturated heterocycles. The first-order valence-electron chi connectivity index (χ1n) is 10.4. The average Bonchev–Trinajstić information content (AvgIpc) is 3.42. The summed E-state index contributed by atoms with van der Waals surface area (Å²) in [5.74, 6) is 0.693. The lowest BCUT2D eigenvalue weighted by molar-refractivity contribution is -0.119. The first kappa shape index (κ1) is 20.1. The van der Waals surface area contributed by atoms with E-state index in [1.54, 1.807) is 9.58 Å². The molecule has 1 amide bonds. The molecule has 0 aliphatic heterocycles. The van der Waals surface area contributed by atoms with Crippen LogP contribution in [0.4, 0.5) is 5.13 Å². The lowest BCUT2D eigenvalue weighted by Gasteiger charge is -2.20. The standard InChI is InChI=1S/C24H21N5O2S/c1-2-31-18-12-13-20-22(14-18)32-24(25-20)28(15-17-8-4-3-5-9-17)23(30)16-29-21-11-7-6-10-19(21)26-27-29/h3-14H,2,15-16H2,1H3. The maximum Gasteiger partial charge on any atom is 0.250 e. The van der Waals surface area contributed by atoms with Crippen LogP contribution >= 0.6 is 11.3 Å². The minimum absolute atomic E-state index is 0.0769. The highest BCUT2D eigenvalue weighted by Gasteiger charge is 2.22. The Balaban J connectivity index is 1.50. The second-order valence-electron chi connectivity index (χ2n) is 7.26. The maximum absolute atomic E-state index is 13.5. The van der Waals surface area contributed by atoms with Crippen LogP contribution < -0.4 is 9.64 Å². The van der Waals surface area contributed by atoms with Gasteiger partial charge in [-0.15, -0.1) is 5.10 Å². The zero-order valence-corrected chi connectivity index (χ0v) is 18.3. The number of hydrogen-bond acceptors (Lipinski definition) is 6. The summed E-state index contributed by atoms with van der Waals surface area (Å²) in [6.45, 7) is 3.05. The molecule has 0 aliphatic carbocycles. The van der Waals surface area contributed by atoms with Gasteiger partial charge in [0, 0.05) is 0 Å². The fraction of sp³-hybridized carbons (Fsp3) is 0.167. The Morgan fingerprint density at radius 1 is 1.03 bits per heavy atom. The predicted molar refractivity (Wildman–Crippen MR) is 126 cm³/mol. The van der Waals surface area contributed by atoms with Gasteiger partial charge in [-0.2, -0.15) is 0 Å². The van der Waals surface area contributed by atoms with E-state index < -0.39 is 0 Å². The number of fused-ring (bicyclic) bond motifs is 2. The first-order chi connectivity index (χ1) is 15.7. The number of benzene rings is 3. The normalized spacial score (nSPS) is 11.2. The number of rotatable bonds is 7. The summed E-state index contributed by atoms with van der Waals surface area (Å²) in [5.41, 5.74) is 3.45. The number of amides is 1. The molecule has 0 aliphatic rings. The molecule has 5 rings (SSSR count). The molecular formula is C24H21N5O2S. The van der Waals surface area contributed by atoms with Crippen LogP contribution in [-0.2, 0) is 17.9 Å². The number of para-hydroxylation sites is 1. The van der Waals surface area contributed by atoms with Crippen molar-refractivity contribution in [3.63, 3.8) is 0 Å². The lowest BCUT2D eigenvalue weighted by Crippen LogP contribution is -2.33. The number of hydrogen-bond donors (Lipinski definition) is 0. The number of thiazole rings is 1. The van der Waals surface area contributed by atoms with Crippen LogP contribution in [0.15, 0.2) is 72.8 Å². The van der Waals surface area contributed by atoms with Crippen LogP contribution in [0.1, 0.15) is 12.5 Å². The fourth-order valence-corrected chi connectivity index (χ4v) is 4.55. The van der Waals surface area contributed by atoms with Crippen LogP contribution in [0.5, 0.6) is 5.75 Å². The molecule has 160 valence electrons. The molecule has 0 saturated carbocycles. The number of ether oxygens (including phenoxy) is 1. The van der Waals surface area contributed by atoms with E-state index in [1.807, 2.05) is 79.7 Å². The highest BCUT2D eigenvalue weighted by atomic mass is 32.1. The summed E-state index contributed by atoms with van der Waals surface area (Å²) in [5, 5.41) is 8.99. The van der Waals surface area contributed by atoms with Crippen molar-refractivity contribution in [2.45, 2.75) is 20.0 Å². The van der Waals surface area contributed by atoms with Crippen molar-refractivity contribution in [1.82, 2.24) is 20.0 Å². The van der Waals surface area contributed by atoms with Crippen LogP contribution in [0, 0.1) is 0 Å². The van der Waals surface area contributed by atoms with Crippen molar-refractivity contribution in [3.05, 3.63) is 78.4 Å². The van der Waals surface area contributed by atoms with Crippen molar-refractivity contribution in [2.75, 3.05) is 11.5 Å². The van der Waals surface area contributed by atoms with E-state index in [4.69, 9.17) is 9.72 Å². The van der Waals surface area contributed by atoms with Gasteiger partial charge in [-0.25, -0.2) is 9.67 Å². The van der Waals surface area contributed by atoms with Crippen LogP contribution in [0.3, 0.4) is 0 Å². The lowest BCUT2D eigenvalue weighted by atomic mass is 10.2. The molecule has 0 bridgehead atoms. The molecule has 8 heteroatoms. The molecule has 0 spiro atoms. The highest BCUT2D eigenvalue weighted by molar-refractivity contribution is 7.22. The van der Waals surface area contributed by atoms with Crippen LogP contribution in [0.2, 0.25) is 0 Å². The van der Waals surface area contributed by atoms with E-state index in [-0.39, 0.29) is 12.5 Å². The Kier molecular flexibility index (Phi) is 5.51. The van der Waals surface area contributed by atoms with Gasteiger partial charge in [0.1, 0.15) is 17.8 Å². The number of nitrogens with zero attached hydrogens (tertiary/aromatic N) is 5. The third-order valence-electron chi connectivity index (χ3n) is 5.08. The third-order valence-corrected chi connectivity index (χ3v) is 6.12. The Hall–Kier alpha value is -3.78. The van der Waals surface area contributed by atoms with E-state index in [0.29, 0.717) is 18.3 Å². The molecule has 5 aromatic rings. The SMILES string of the molecule is CCOc1ccc2nc(N(Cc3ccccc3)C(=O)Cn3nnc4ccccc43)sc2c1. The molecule has 2 heterocycles. The van der Waals surface area contributed by atoms with Crippen molar-refractivity contribution < 1.29 is 9.53 Å². The van der Waals surface area contributed by atoms with E-state index in [9.17, 15) is 4.79 Å². The Morgan fingerprint density at radius 2 is 1.84 bits per heavy atom. The molecule has 0 unspecified atom stereocenters. The summed E-state index contributed by atoms with van der Waals surface area (Å²) >= 11 is 1.48. The van der Waals surface area contributed by atoms with Gasteiger partial charge >= 0.3 is 0 Å². The predicted octanol–water partition coefficient (Wildman–Crippen LogP) is 4.67. The van der Waals surface area contributed by atoms with Crippen LogP contribution in [0.25, 0.3) is 21.3 Å². The Labute approximate surface area is 188 Å². The minimum Gasteiger partial charge on any atom is -0.494 e. The molecule has 32 heavy (non-hydrogen) atoms. The van der Waals surface area contributed by atoms with Gasteiger partial charge in [-0.1, -0.05) is 59.0 Å². The third kappa shape index (κ3) is 4.04. The van der Waals surface area contributed by atoms with Gasteiger partial charge in [0.25, 0.3) is 5.91 Å². The van der Waals surface area contributed by atoms with Gasteiger partial charge in [0.05, 0.1) is 28.9 Å². The maximum atomic E-state index is 13.5. The smallest absolute Gasteiger partial charge is 0.250 e. The second-order valence-corrected chi connectivity index (χ2v) is 8.27. The zero-order valence-electron chi connectivity index (χ0n) is 17.5. The summed E-state index contributed by atoms with van der Waals surface area (Å²) in [6.07, 6.45) is 0. The van der Waals surface area contributed by atoms with Crippen molar-refractivity contribution >= 4 is 43.6 Å². The fourth-order valence-electron chi connectivity index (χ4n) is 3.54.